The Morgan fingerprint density at radius 1 is 1.16 bits per heavy atom. The SMILES string of the molecule is CC(C)(O)C(C)(C)OBB1OCC(C)(C)C(C)(C)O1. The summed E-state index contributed by atoms with van der Waals surface area (Å²) in [6, 6.07) is 0. The van der Waals surface area contributed by atoms with Gasteiger partial charge in [-0.25, -0.2) is 0 Å². The first-order valence-corrected chi connectivity index (χ1v) is 6.94. The quantitative estimate of drug-likeness (QED) is 0.790. The second kappa shape index (κ2) is 5.06. The van der Waals surface area contributed by atoms with Crippen LogP contribution in [-0.4, -0.2) is 42.9 Å². The van der Waals surface area contributed by atoms with Crippen molar-refractivity contribution in [3.05, 3.63) is 0 Å². The summed E-state index contributed by atoms with van der Waals surface area (Å²) in [6.07, 6.45) is 0. The maximum atomic E-state index is 10.1. The van der Waals surface area contributed by atoms with Gasteiger partial charge in [-0.3, -0.25) is 0 Å². The molecule has 0 amide bonds. The molecule has 1 heterocycles. The number of rotatable bonds is 4. The van der Waals surface area contributed by atoms with Crippen LogP contribution in [0.15, 0.2) is 0 Å². The van der Waals surface area contributed by atoms with Gasteiger partial charge in [0, 0.05) is 12.0 Å². The zero-order chi connectivity index (χ0) is 15.1. The molecule has 0 unspecified atom stereocenters. The van der Waals surface area contributed by atoms with Gasteiger partial charge in [0.05, 0.1) is 16.8 Å². The van der Waals surface area contributed by atoms with Gasteiger partial charge in [-0.1, -0.05) is 13.8 Å². The minimum absolute atomic E-state index is 0.0325. The molecule has 6 heteroatoms. The fourth-order valence-electron chi connectivity index (χ4n) is 1.53. The zero-order valence-corrected chi connectivity index (χ0v) is 13.7. The minimum Gasteiger partial charge on any atom is -0.434 e. The molecule has 1 aliphatic heterocycles. The lowest BCUT2D eigenvalue weighted by Gasteiger charge is -2.48. The molecule has 0 aromatic rings. The molecule has 1 N–H and O–H groups in total. The Hall–Kier alpha value is -0.0301. The molecule has 0 spiro atoms. The Morgan fingerprint density at radius 2 is 1.68 bits per heavy atom. The van der Waals surface area contributed by atoms with Crippen molar-refractivity contribution >= 4 is 14.4 Å². The molecule has 0 aliphatic carbocycles. The van der Waals surface area contributed by atoms with Gasteiger partial charge in [0.15, 0.2) is 0 Å². The van der Waals surface area contributed by atoms with E-state index in [1.807, 2.05) is 13.8 Å². The van der Waals surface area contributed by atoms with Crippen LogP contribution in [0, 0.1) is 5.41 Å². The summed E-state index contributed by atoms with van der Waals surface area (Å²) in [5.74, 6) is 0. The Labute approximate surface area is 118 Å². The van der Waals surface area contributed by atoms with Gasteiger partial charge < -0.3 is 19.1 Å². The summed E-state index contributed by atoms with van der Waals surface area (Å²) in [5.41, 5.74) is -1.87. The predicted molar refractivity (Wildman–Crippen MR) is 79.3 cm³/mol. The fraction of sp³-hybridized carbons (Fsp3) is 1.00. The third-order valence-electron chi connectivity index (χ3n) is 4.74. The Bertz CT molecular complexity index is 321. The molecule has 0 saturated carbocycles. The molecule has 1 saturated heterocycles. The van der Waals surface area contributed by atoms with Crippen molar-refractivity contribution in [1.29, 1.82) is 0 Å². The van der Waals surface area contributed by atoms with E-state index in [0.717, 1.165) is 0 Å². The summed E-state index contributed by atoms with van der Waals surface area (Å²) < 4.78 is 17.5. The van der Waals surface area contributed by atoms with Gasteiger partial charge in [-0.15, -0.1) is 0 Å². The smallest absolute Gasteiger partial charge is 0.434 e. The second-order valence-corrected chi connectivity index (χ2v) is 7.63. The molecule has 4 nitrogen and oxygen atoms in total. The molecule has 1 rings (SSSR count). The van der Waals surface area contributed by atoms with Crippen molar-refractivity contribution in [1.82, 2.24) is 0 Å². The van der Waals surface area contributed by atoms with E-state index >= 15 is 0 Å². The number of hydrogen-bond acceptors (Lipinski definition) is 4. The van der Waals surface area contributed by atoms with Crippen LogP contribution in [0.3, 0.4) is 0 Å². The van der Waals surface area contributed by atoms with Crippen molar-refractivity contribution in [3.63, 3.8) is 0 Å². The molecule has 19 heavy (non-hydrogen) atoms. The molecular weight excluding hydrogens is 242 g/mol. The second-order valence-electron chi connectivity index (χ2n) is 7.63. The van der Waals surface area contributed by atoms with E-state index in [-0.39, 0.29) is 18.0 Å². The number of hydrogen-bond donors (Lipinski definition) is 1. The first-order valence-electron chi connectivity index (χ1n) is 6.94. The van der Waals surface area contributed by atoms with Crippen LogP contribution in [0.1, 0.15) is 55.4 Å². The van der Waals surface area contributed by atoms with Crippen LogP contribution in [0.2, 0.25) is 0 Å². The molecule has 0 radical (unpaired) electrons. The molecule has 0 aromatic heterocycles. The monoisotopic (exact) mass is 270 g/mol. The molecule has 0 bridgehead atoms. The molecule has 110 valence electrons. The highest BCUT2D eigenvalue weighted by molar-refractivity contribution is 7.02. The van der Waals surface area contributed by atoms with E-state index in [1.165, 1.54) is 0 Å². The molecule has 1 fully saturated rings. The first kappa shape index (κ1) is 17.0. The average Bonchev–Trinajstić information content (AvgIpc) is 2.18. The molecule has 0 atom stereocenters. The van der Waals surface area contributed by atoms with Crippen molar-refractivity contribution in [3.8, 4) is 0 Å². The van der Waals surface area contributed by atoms with Crippen molar-refractivity contribution in [2.24, 2.45) is 5.41 Å². The highest BCUT2D eigenvalue weighted by atomic mass is 16.6. The van der Waals surface area contributed by atoms with Gasteiger partial charge in [-0.05, 0) is 41.5 Å². The maximum absolute atomic E-state index is 10.1. The van der Waals surface area contributed by atoms with E-state index in [0.29, 0.717) is 14.0 Å². The summed E-state index contributed by atoms with van der Waals surface area (Å²) in [5, 5.41) is 10.1. The van der Waals surface area contributed by atoms with Crippen LogP contribution >= 0.6 is 0 Å². The highest BCUT2D eigenvalue weighted by Crippen LogP contribution is 2.38. The average molecular weight is 270 g/mol. The van der Waals surface area contributed by atoms with Gasteiger partial charge in [0.25, 0.3) is 0 Å². The van der Waals surface area contributed by atoms with Crippen molar-refractivity contribution in [2.45, 2.75) is 72.2 Å². The molecular formula is C13H28B2O4. The normalized spacial score (nSPS) is 23.3. The summed E-state index contributed by atoms with van der Waals surface area (Å²) in [6.45, 7) is 16.3. The molecule has 1 aliphatic rings. The number of aliphatic hydroxyl groups is 1. The van der Waals surface area contributed by atoms with E-state index < -0.39 is 11.2 Å². The van der Waals surface area contributed by atoms with E-state index in [9.17, 15) is 5.11 Å². The van der Waals surface area contributed by atoms with Crippen LogP contribution in [-0.2, 0) is 14.0 Å². The maximum Gasteiger partial charge on any atom is 0.441 e. The summed E-state index contributed by atoms with van der Waals surface area (Å²) >= 11 is 0. The van der Waals surface area contributed by atoms with Gasteiger partial charge >= 0.3 is 14.4 Å². The lowest BCUT2D eigenvalue weighted by Crippen LogP contribution is -2.58. The first-order chi connectivity index (χ1) is 8.29. The van der Waals surface area contributed by atoms with Gasteiger partial charge in [0.1, 0.15) is 0 Å². The predicted octanol–water partition coefficient (Wildman–Crippen LogP) is 1.74. The third kappa shape index (κ3) is 3.75. The van der Waals surface area contributed by atoms with Crippen molar-refractivity contribution in [2.75, 3.05) is 6.61 Å². The summed E-state index contributed by atoms with van der Waals surface area (Å²) in [7, 11) is -0.0686. The minimum atomic E-state index is -0.920. The Morgan fingerprint density at radius 3 is 2.11 bits per heavy atom. The van der Waals surface area contributed by atoms with E-state index in [2.05, 4.69) is 27.7 Å². The van der Waals surface area contributed by atoms with E-state index in [4.69, 9.17) is 14.0 Å². The Balaban J connectivity index is 2.58. The highest BCUT2D eigenvalue weighted by Gasteiger charge is 2.47. The van der Waals surface area contributed by atoms with Gasteiger partial charge in [0.2, 0.25) is 0 Å². The topological polar surface area (TPSA) is 47.9 Å². The van der Waals surface area contributed by atoms with Crippen LogP contribution in [0.25, 0.3) is 0 Å². The zero-order valence-electron chi connectivity index (χ0n) is 13.7. The van der Waals surface area contributed by atoms with Gasteiger partial charge in [-0.2, -0.15) is 0 Å². The Kier molecular flexibility index (Phi) is 4.54. The molecule has 0 aromatic carbocycles. The fourth-order valence-corrected chi connectivity index (χ4v) is 1.53. The van der Waals surface area contributed by atoms with E-state index in [1.54, 1.807) is 13.8 Å². The van der Waals surface area contributed by atoms with Crippen molar-refractivity contribution < 1.29 is 19.1 Å². The van der Waals surface area contributed by atoms with Crippen LogP contribution in [0.5, 0.6) is 0 Å². The third-order valence-corrected chi connectivity index (χ3v) is 4.74. The van der Waals surface area contributed by atoms with Crippen LogP contribution < -0.4 is 0 Å². The summed E-state index contributed by atoms with van der Waals surface area (Å²) in [4.78, 5) is 0. The lowest BCUT2D eigenvalue weighted by molar-refractivity contribution is -0.102. The standard InChI is InChI=1S/C13H28B2O4/c1-10(2)9-17-15(19-12(10,5)6)14-18-13(7,8)11(3,4)16/h14,16H,9H2,1-8H3. The van der Waals surface area contributed by atoms with Crippen LogP contribution in [0.4, 0.5) is 0 Å². The largest absolute Gasteiger partial charge is 0.441 e. The lowest BCUT2D eigenvalue weighted by atomic mass is 9.53.